The Balaban J connectivity index is 1.03. The molecule has 31 heavy (non-hydrogen) atoms. The van der Waals surface area contributed by atoms with Crippen LogP contribution in [-0.4, -0.2) is 61.2 Å². The van der Waals surface area contributed by atoms with Crippen LogP contribution in [0.3, 0.4) is 0 Å². The molecule has 6 aliphatic rings. The Kier molecular flexibility index (Phi) is 5.59. The second kappa shape index (κ2) is 8.68. The van der Waals surface area contributed by atoms with E-state index >= 15 is 0 Å². The van der Waals surface area contributed by atoms with Crippen LogP contribution in [-0.2, 0) is 0 Å². The summed E-state index contributed by atoms with van der Waals surface area (Å²) in [7, 11) is 0. The molecule has 0 aliphatic carbocycles. The van der Waals surface area contributed by atoms with E-state index in [4.69, 9.17) is 0 Å². The molecule has 2 aromatic carbocycles. The monoisotopic (exact) mass is 434 g/mol. The molecule has 164 valence electrons. The normalized spacial score (nSPS) is 33.9. The van der Waals surface area contributed by atoms with E-state index in [2.05, 4.69) is 69.0 Å². The fourth-order valence-electron chi connectivity index (χ4n) is 6.06. The molecule has 0 radical (unpaired) electrons. The zero-order chi connectivity index (χ0) is 20.6. The molecule has 6 fully saturated rings. The topological polar surface area (TPSA) is 30.5 Å². The highest BCUT2D eigenvalue weighted by Gasteiger charge is 2.34. The van der Waals surface area contributed by atoms with E-state index in [1.54, 1.807) is 0 Å². The summed E-state index contributed by atoms with van der Waals surface area (Å²) >= 11 is 1.85. The SMILES string of the molecule is c1cc(Sc2ccc(NC3CN4CCC3CC4)cc2)ccc1NC1CN2CCC1CC2. The fraction of sp³-hybridized carbons (Fsp3) is 0.538. The summed E-state index contributed by atoms with van der Waals surface area (Å²) in [6.45, 7) is 7.61. The minimum Gasteiger partial charge on any atom is -0.381 e. The van der Waals surface area contributed by atoms with Gasteiger partial charge in [0.2, 0.25) is 0 Å². The standard InChI is InChI=1S/C26H34N4S/c1-5-23(6-2-21(1)27-25-17-29-13-9-19(25)10-14-29)31-24-7-3-22(4-8-24)28-26-18-30-15-11-20(26)12-16-30/h1-8,19-20,25-28H,9-18H2. The van der Waals surface area contributed by atoms with Gasteiger partial charge in [-0.3, -0.25) is 0 Å². The van der Waals surface area contributed by atoms with Crippen LogP contribution in [0.2, 0.25) is 0 Å². The largest absolute Gasteiger partial charge is 0.381 e. The van der Waals surface area contributed by atoms with Crippen LogP contribution < -0.4 is 10.6 Å². The van der Waals surface area contributed by atoms with Crippen LogP contribution >= 0.6 is 11.8 Å². The number of nitrogens with one attached hydrogen (secondary N) is 2. The Hall–Kier alpha value is -1.69. The van der Waals surface area contributed by atoms with E-state index in [1.165, 1.54) is 86.1 Å². The van der Waals surface area contributed by atoms with Crippen molar-refractivity contribution in [3.05, 3.63) is 48.5 Å². The molecule has 2 atom stereocenters. The van der Waals surface area contributed by atoms with Gasteiger partial charge in [0, 0.05) is 46.3 Å². The minimum absolute atomic E-state index is 0.622. The maximum absolute atomic E-state index is 3.80. The summed E-state index contributed by atoms with van der Waals surface area (Å²) in [5.41, 5.74) is 2.53. The van der Waals surface area contributed by atoms with E-state index in [0.717, 1.165) is 11.8 Å². The molecule has 2 aromatic rings. The van der Waals surface area contributed by atoms with E-state index in [-0.39, 0.29) is 0 Å². The first kappa shape index (κ1) is 20.0. The van der Waals surface area contributed by atoms with Gasteiger partial charge in [-0.25, -0.2) is 0 Å². The number of hydrogen-bond donors (Lipinski definition) is 2. The molecule has 0 amide bonds. The highest BCUT2D eigenvalue weighted by atomic mass is 32.2. The third-order valence-corrected chi connectivity index (χ3v) is 8.98. The molecular weight excluding hydrogens is 400 g/mol. The second-order valence-corrected chi connectivity index (χ2v) is 11.1. The number of rotatable bonds is 6. The molecule has 2 N–H and O–H groups in total. The molecule has 5 heteroatoms. The molecule has 8 rings (SSSR count). The molecule has 4 nitrogen and oxygen atoms in total. The Labute approximate surface area is 190 Å². The Morgan fingerprint density at radius 3 is 1.29 bits per heavy atom. The lowest BCUT2D eigenvalue weighted by molar-refractivity contribution is 0.0975. The third-order valence-electron chi connectivity index (χ3n) is 7.96. The summed E-state index contributed by atoms with van der Waals surface area (Å²) in [6, 6.07) is 19.3. The van der Waals surface area contributed by atoms with Crippen molar-refractivity contribution >= 4 is 23.1 Å². The fourth-order valence-corrected chi connectivity index (χ4v) is 6.88. The van der Waals surface area contributed by atoms with Gasteiger partial charge in [-0.1, -0.05) is 11.8 Å². The first-order chi connectivity index (χ1) is 15.3. The molecule has 6 saturated heterocycles. The average molecular weight is 435 g/mol. The summed E-state index contributed by atoms with van der Waals surface area (Å²) in [5.74, 6) is 1.71. The smallest absolute Gasteiger partial charge is 0.0417 e. The molecule has 0 aromatic heterocycles. The predicted octanol–water partition coefficient (Wildman–Crippen LogP) is 4.85. The van der Waals surface area contributed by atoms with Gasteiger partial charge in [0.05, 0.1) is 0 Å². The Morgan fingerprint density at radius 1 is 0.581 bits per heavy atom. The van der Waals surface area contributed by atoms with Crippen LogP contribution in [0.4, 0.5) is 11.4 Å². The zero-order valence-electron chi connectivity index (χ0n) is 18.3. The van der Waals surface area contributed by atoms with Crippen molar-refractivity contribution in [2.24, 2.45) is 11.8 Å². The number of fused-ring (bicyclic) bond motifs is 6. The van der Waals surface area contributed by atoms with Crippen LogP contribution in [0.5, 0.6) is 0 Å². The summed E-state index contributed by atoms with van der Waals surface area (Å²) in [4.78, 5) is 7.82. The van der Waals surface area contributed by atoms with Crippen LogP contribution in [0.1, 0.15) is 25.7 Å². The zero-order valence-corrected chi connectivity index (χ0v) is 19.1. The van der Waals surface area contributed by atoms with Crippen molar-refractivity contribution in [3.63, 3.8) is 0 Å². The number of piperidine rings is 6. The Morgan fingerprint density at radius 2 is 0.968 bits per heavy atom. The van der Waals surface area contributed by atoms with Gasteiger partial charge in [0.25, 0.3) is 0 Å². The summed E-state index contributed by atoms with van der Waals surface area (Å²) < 4.78 is 0. The molecule has 2 unspecified atom stereocenters. The van der Waals surface area contributed by atoms with Crippen LogP contribution in [0.15, 0.2) is 58.3 Å². The number of hydrogen-bond acceptors (Lipinski definition) is 5. The number of anilines is 2. The maximum Gasteiger partial charge on any atom is 0.0417 e. The van der Waals surface area contributed by atoms with E-state index in [9.17, 15) is 0 Å². The van der Waals surface area contributed by atoms with Gasteiger partial charge in [0.15, 0.2) is 0 Å². The van der Waals surface area contributed by atoms with Gasteiger partial charge >= 0.3 is 0 Å². The number of benzene rings is 2. The van der Waals surface area contributed by atoms with Gasteiger partial charge in [-0.15, -0.1) is 0 Å². The van der Waals surface area contributed by atoms with Crippen molar-refractivity contribution in [2.45, 2.75) is 47.6 Å². The van der Waals surface area contributed by atoms with Crippen molar-refractivity contribution < 1.29 is 0 Å². The molecule has 6 aliphatic heterocycles. The lowest BCUT2D eigenvalue weighted by Crippen LogP contribution is -2.53. The molecular formula is C26H34N4S. The van der Waals surface area contributed by atoms with Gasteiger partial charge < -0.3 is 20.4 Å². The van der Waals surface area contributed by atoms with Crippen LogP contribution in [0, 0.1) is 11.8 Å². The highest BCUT2D eigenvalue weighted by molar-refractivity contribution is 7.99. The van der Waals surface area contributed by atoms with Crippen molar-refractivity contribution in [2.75, 3.05) is 49.9 Å². The summed E-state index contributed by atoms with van der Waals surface area (Å²) in [5, 5.41) is 7.60. The predicted molar refractivity (Wildman–Crippen MR) is 130 cm³/mol. The molecule has 4 bridgehead atoms. The van der Waals surface area contributed by atoms with Gasteiger partial charge in [-0.05, 0) is 112 Å². The van der Waals surface area contributed by atoms with Gasteiger partial charge in [-0.2, -0.15) is 0 Å². The molecule has 0 spiro atoms. The lowest BCUT2D eigenvalue weighted by Gasteiger charge is -2.45. The quantitative estimate of drug-likeness (QED) is 0.679. The van der Waals surface area contributed by atoms with Crippen molar-refractivity contribution in [3.8, 4) is 0 Å². The van der Waals surface area contributed by atoms with Crippen molar-refractivity contribution in [1.29, 1.82) is 0 Å². The minimum atomic E-state index is 0.622. The van der Waals surface area contributed by atoms with E-state index < -0.39 is 0 Å². The van der Waals surface area contributed by atoms with Crippen LogP contribution in [0.25, 0.3) is 0 Å². The second-order valence-electron chi connectivity index (χ2n) is 9.93. The average Bonchev–Trinajstić information content (AvgIpc) is 2.83. The first-order valence-corrected chi connectivity index (χ1v) is 13.0. The lowest BCUT2D eigenvalue weighted by atomic mass is 9.84. The Bertz CT molecular complexity index is 794. The van der Waals surface area contributed by atoms with E-state index in [0.29, 0.717) is 12.1 Å². The summed E-state index contributed by atoms with van der Waals surface area (Å²) in [6.07, 6.45) is 5.43. The first-order valence-electron chi connectivity index (χ1n) is 12.1. The molecule has 6 heterocycles. The number of nitrogens with zero attached hydrogens (tertiary/aromatic N) is 2. The van der Waals surface area contributed by atoms with Gasteiger partial charge in [0.1, 0.15) is 0 Å². The highest BCUT2D eigenvalue weighted by Crippen LogP contribution is 2.33. The third kappa shape index (κ3) is 4.46. The van der Waals surface area contributed by atoms with Crippen molar-refractivity contribution in [1.82, 2.24) is 9.80 Å². The molecule has 0 saturated carbocycles. The maximum atomic E-state index is 3.80. The van der Waals surface area contributed by atoms with E-state index in [1.807, 2.05) is 11.8 Å².